The van der Waals surface area contributed by atoms with E-state index in [0.29, 0.717) is 0 Å². The number of carboxylic acids is 1. The maximum absolute atomic E-state index is 12.1. The van der Waals surface area contributed by atoms with Crippen LogP contribution in [0.3, 0.4) is 0 Å². The molecule has 1 aliphatic carbocycles. The van der Waals surface area contributed by atoms with Crippen molar-refractivity contribution in [2.24, 2.45) is 0 Å². The Morgan fingerprint density at radius 2 is 0.818 bits per heavy atom. The van der Waals surface area contributed by atoms with Crippen LogP contribution in [0.2, 0.25) is 0 Å². The predicted octanol–water partition coefficient (Wildman–Crippen LogP) is 2.59. The quantitative estimate of drug-likeness (QED) is 0.0570. The van der Waals surface area contributed by atoms with Gasteiger partial charge in [0.2, 0.25) is 0 Å². The third-order valence-corrected chi connectivity index (χ3v) is 6.62. The number of ether oxygens (including phenoxy) is 2. The average Bonchev–Trinajstić information content (AvgIpc) is 3.51. The van der Waals surface area contributed by atoms with Gasteiger partial charge in [-0.2, -0.15) is 5.48 Å². The number of carbonyl (C=O) groups is 2. The van der Waals surface area contributed by atoms with Gasteiger partial charge in [0, 0.05) is 5.92 Å². The molecule has 21 heteroatoms. The van der Waals surface area contributed by atoms with Crippen LogP contribution in [-0.2, 0) is 87.5 Å². The molecule has 21 nitrogen and oxygen atoms in total. The highest BCUT2D eigenvalue weighted by molar-refractivity contribution is 5.79. The molecule has 55 heavy (non-hydrogen) atoms. The number of nitrogens with one attached hydrogen (secondary N) is 1. The Morgan fingerprint density at radius 1 is 0.473 bits per heavy atom. The Kier molecular flexibility index (Phi) is 26.5. The lowest BCUT2D eigenvalue weighted by atomic mass is 9.98. The molecule has 0 radical (unpaired) electrons. The Labute approximate surface area is 317 Å². The number of hydrogen-bond donors (Lipinski definition) is 2. The number of carbonyl (C=O) groups excluding carboxylic acids is 1. The van der Waals surface area contributed by atoms with Crippen LogP contribution in [-0.4, -0.2) is 136 Å². The summed E-state index contributed by atoms with van der Waals surface area (Å²) < 4.78 is 10.4. The van der Waals surface area contributed by atoms with Gasteiger partial charge in [-0.1, -0.05) is 48.5 Å². The molecule has 3 rings (SSSR count). The van der Waals surface area contributed by atoms with Gasteiger partial charge in [-0.3, -0.25) is 9.63 Å². The fourth-order valence-corrected chi connectivity index (χ4v) is 4.40. The molecule has 0 bridgehead atoms. The number of aliphatic carboxylic acids is 1. The molecule has 0 fully saturated rings. The van der Waals surface area contributed by atoms with Crippen LogP contribution in [0.15, 0.2) is 48.5 Å². The second kappa shape index (κ2) is 31.7. The number of carboxylic acid groups (broad SMARTS) is 1. The Bertz CT molecular complexity index is 1230. The molecular weight excluding hydrogens is 742 g/mol. The summed E-state index contributed by atoms with van der Waals surface area (Å²) in [4.78, 5) is 95.8. The molecule has 0 aromatic heterocycles. The summed E-state index contributed by atoms with van der Waals surface area (Å²) in [6.45, 7) is 1.99. The summed E-state index contributed by atoms with van der Waals surface area (Å²) in [6.07, 6.45) is -0.768. The van der Waals surface area contributed by atoms with Gasteiger partial charge in [-0.25, -0.2) is 73.2 Å². The standard InChI is InChI=1S/C34H49NO20/c36-33(37)9-10-39-11-13-42-44-15-17-46-48-19-21-50-52-23-25-54-55-26-24-53-51-22-20-49-47-18-16-45-43-14-12-41-35-34(38)40-27-32-30-7-3-1-5-28(30)29-6-2-4-8-31(29)32/h1-8,32H,9-27H2,(H,35,38)(H,36,37). The second-order valence-electron chi connectivity index (χ2n) is 10.5. The first-order valence-electron chi connectivity index (χ1n) is 17.4. The first-order chi connectivity index (χ1) is 27.2. The summed E-state index contributed by atoms with van der Waals surface area (Å²) in [6, 6.07) is 16.2. The van der Waals surface area contributed by atoms with Gasteiger partial charge in [0.05, 0.1) is 19.6 Å². The highest BCUT2D eigenvalue weighted by atomic mass is 17.3. The van der Waals surface area contributed by atoms with Crippen molar-refractivity contribution in [1.29, 1.82) is 0 Å². The van der Waals surface area contributed by atoms with Gasteiger partial charge >= 0.3 is 12.1 Å². The van der Waals surface area contributed by atoms with Crippen LogP contribution in [0.5, 0.6) is 0 Å². The number of hydrogen-bond acceptors (Lipinski definition) is 19. The summed E-state index contributed by atoms with van der Waals surface area (Å²) in [7, 11) is 0. The van der Waals surface area contributed by atoms with Crippen molar-refractivity contribution in [2.75, 3.05) is 119 Å². The van der Waals surface area contributed by atoms with Crippen molar-refractivity contribution < 1.29 is 97.4 Å². The van der Waals surface area contributed by atoms with Crippen molar-refractivity contribution in [3.8, 4) is 11.1 Å². The minimum absolute atomic E-state index is 0.0321. The van der Waals surface area contributed by atoms with Gasteiger partial charge in [-0.15, -0.1) is 0 Å². The van der Waals surface area contributed by atoms with E-state index in [9.17, 15) is 9.59 Å². The fraction of sp³-hybridized carbons (Fsp3) is 0.588. The lowest BCUT2D eigenvalue weighted by Gasteiger charge is -2.14. The summed E-state index contributed by atoms with van der Waals surface area (Å²) in [5, 5.41) is 8.46. The zero-order chi connectivity index (χ0) is 38.9. The predicted molar refractivity (Wildman–Crippen MR) is 181 cm³/mol. The number of benzene rings is 2. The van der Waals surface area contributed by atoms with Gasteiger partial charge in [0.25, 0.3) is 0 Å². The molecule has 2 aromatic rings. The SMILES string of the molecule is O=C(O)CCOCCOOCCOOCCOOCCOOCCOOCCOOCCOOCCONC(=O)OCC1c2ccccc2-c2ccccc21. The first-order valence-corrected chi connectivity index (χ1v) is 17.4. The molecule has 1 amide bonds. The number of amides is 1. The van der Waals surface area contributed by atoms with Gasteiger partial charge in [0.15, 0.2) is 0 Å². The minimum atomic E-state index is -0.927. The van der Waals surface area contributed by atoms with E-state index in [4.69, 9.17) is 87.8 Å². The van der Waals surface area contributed by atoms with E-state index in [1.807, 2.05) is 36.4 Å². The summed E-state index contributed by atoms with van der Waals surface area (Å²) in [5.41, 5.74) is 6.76. The van der Waals surface area contributed by atoms with E-state index in [2.05, 4.69) is 17.6 Å². The van der Waals surface area contributed by atoms with Crippen molar-refractivity contribution >= 4 is 12.1 Å². The Hall–Kier alpha value is -3.46. The van der Waals surface area contributed by atoms with E-state index in [1.165, 1.54) is 0 Å². The molecule has 0 atom stereocenters. The van der Waals surface area contributed by atoms with Crippen molar-refractivity contribution in [3.05, 3.63) is 59.7 Å². The van der Waals surface area contributed by atoms with Gasteiger partial charge in [-0.05, 0) is 22.3 Å². The van der Waals surface area contributed by atoms with E-state index in [-0.39, 0.29) is 131 Å². The number of hydroxylamine groups is 1. The van der Waals surface area contributed by atoms with E-state index in [1.54, 1.807) is 0 Å². The zero-order valence-electron chi connectivity index (χ0n) is 30.3. The molecule has 2 aromatic carbocycles. The summed E-state index contributed by atoms with van der Waals surface area (Å²) >= 11 is 0. The van der Waals surface area contributed by atoms with Crippen LogP contribution < -0.4 is 5.48 Å². The topological polar surface area (TPSA) is 223 Å². The van der Waals surface area contributed by atoms with E-state index in [0.717, 1.165) is 22.3 Å². The number of rotatable bonds is 37. The maximum atomic E-state index is 12.1. The lowest BCUT2D eigenvalue weighted by molar-refractivity contribution is -0.376. The molecular formula is C34H49NO20. The smallest absolute Gasteiger partial charge is 0.431 e. The van der Waals surface area contributed by atoms with Crippen LogP contribution in [0.25, 0.3) is 11.1 Å². The summed E-state index contributed by atoms with van der Waals surface area (Å²) in [5.74, 6) is -0.971. The zero-order valence-corrected chi connectivity index (χ0v) is 30.3. The van der Waals surface area contributed by atoms with Crippen LogP contribution in [0, 0.1) is 0 Å². The van der Waals surface area contributed by atoms with Crippen molar-refractivity contribution in [3.63, 3.8) is 0 Å². The van der Waals surface area contributed by atoms with Crippen LogP contribution in [0.4, 0.5) is 4.79 Å². The minimum Gasteiger partial charge on any atom is -0.481 e. The molecule has 0 spiro atoms. The second-order valence-corrected chi connectivity index (χ2v) is 10.5. The molecule has 0 saturated heterocycles. The van der Waals surface area contributed by atoms with Crippen molar-refractivity contribution in [2.45, 2.75) is 12.3 Å². The van der Waals surface area contributed by atoms with E-state index >= 15 is 0 Å². The Morgan fingerprint density at radius 3 is 1.20 bits per heavy atom. The third-order valence-electron chi connectivity index (χ3n) is 6.62. The van der Waals surface area contributed by atoms with Crippen LogP contribution >= 0.6 is 0 Å². The molecule has 0 aliphatic heterocycles. The number of fused-ring (bicyclic) bond motifs is 3. The highest BCUT2D eigenvalue weighted by Gasteiger charge is 2.29. The fourth-order valence-electron chi connectivity index (χ4n) is 4.40. The molecule has 310 valence electrons. The molecule has 0 unspecified atom stereocenters. The van der Waals surface area contributed by atoms with Gasteiger partial charge in [0.1, 0.15) is 106 Å². The normalized spacial score (nSPS) is 12.1. The van der Waals surface area contributed by atoms with Crippen molar-refractivity contribution in [1.82, 2.24) is 5.48 Å². The molecule has 1 aliphatic rings. The monoisotopic (exact) mass is 791 g/mol. The lowest BCUT2D eigenvalue weighted by Crippen LogP contribution is -2.27. The molecule has 0 saturated carbocycles. The maximum Gasteiger partial charge on any atom is 0.431 e. The van der Waals surface area contributed by atoms with Crippen LogP contribution in [0.1, 0.15) is 23.5 Å². The largest absolute Gasteiger partial charge is 0.481 e. The van der Waals surface area contributed by atoms with E-state index < -0.39 is 12.1 Å². The first kappa shape index (κ1) is 45.9. The highest BCUT2D eigenvalue weighted by Crippen LogP contribution is 2.44. The molecule has 2 N–H and O–H groups in total. The molecule has 0 heterocycles. The third kappa shape index (κ3) is 22.0. The Balaban J connectivity index is 0.943. The van der Waals surface area contributed by atoms with Gasteiger partial charge < -0.3 is 14.6 Å². The average molecular weight is 792 g/mol.